The van der Waals surface area contributed by atoms with Crippen molar-refractivity contribution in [2.24, 2.45) is 0 Å². The van der Waals surface area contributed by atoms with Crippen molar-refractivity contribution in [1.29, 1.82) is 0 Å². The fourth-order valence-electron chi connectivity index (χ4n) is 1.66. The Bertz CT molecular complexity index is 171. The van der Waals surface area contributed by atoms with Crippen LogP contribution in [0.5, 0.6) is 0 Å². The van der Waals surface area contributed by atoms with Crippen LogP contribution in [-0.2, 0) is 4.79 Å². The summed E-state index contributed by atoms with van der Waals surface area (Å²) in [5.74, 6) is 4.16. The van der Waals surface area contributed by atoms with E-state index in [1.165, 1.54) is 44.9 Å². The van der Waals surface area contributed by atoms with Crippen molar-refractivity contribution in [2.45, 2.75) is 45.7 Å². The Morgan fingerprint density at radius 2 is 1.76 bits per heavy atom. The molecule has 0 N–H and O–H groups in total. The third-order valence-corrected chi connectivity index (χ3v) is 12.4. The number of aldehydes is 1. The van der Waals surface area contributed by atoms with Gasteiger partial charge in [0.25, 0.3) is 0 Å². The molecule has 17 heavy (non-hydrogen) atoms. The summed E-state index contributed by atoms with van der Waals surface area (Å²) in [6.45, 7) is 0. The molecule has 0 aliphatic rings. The van der Waals surface area contributed by atoms with Gasteiger partial charge in [-0.15, -0.1) is 0 Å². The van der Waals surface area contributed by atoms with Gasteiger partial charge in [0.2, 0.25) is 0 Å². The first kappa shape index (κ1) is 19.1. The third-order valence-electron chi connectivity index (χ3n) is 2.59. The fraction of sp³-hybridized carbons (Fsp3) is 0.917. The standard InChI is InChI=1S/C12H22OS2.2In.4H/c1-3-14-11-9-12(15-4-2)8-6-5-7-10-13;;;;;;/h10,12H,1-9,11H2;;;;;;. The van der Waals surface area contributed by atoms with Crippen LogP contribution in [0.4, 0.5) is 0 Å². The van der Waals surface area contributed by atoms with Gasteiger partial charge in [-0.05, 0) is 0 Å². The summed E-state index contributed by atoms with van der Waals surface area (Å²) < 4.78 is 3.00. The van der Waals surface area contributed by atoms with Gasteiger partial charge in [0, 0.05) is 0 Å². The minimum absolute atomic E-state index is 0.763. The summed E-state index contributed by atoms with van der Waals surface area (Å²) in [6, 6.07) is 0. The van der Waals surface area contributed by atoms with Gasteiger partial charge in [-0.25, -0.2) is 0 Å². The molecular weight excluding hydrogens is 454 g/mol. The number of hydrogen-bond donors (Lipinski definition) is 0. The first-order chi connectivity index (χ1) is 8.35. The van der Waals surface area contributed by atoms with Crippen LogP contribution in [0.15, 0.2) is 0 Å². The van der Waals surface area contributed by atoms with Crippen molar-refractivity contribution in [3.05, 3.63) is 0 Å². The molecular formula is C12H26In2OS2. The van der Waals surface area contributed by atoms with Gasteiger partial charge < -0.3 is 0 Å². The van der Waals surface area contributed by atoms with E-state index in [-0.39, 0.29) is 0 Å². The van der Waals surface area contributed by atoms with Crippen molar-refractivity contribution < 1.29 is 4.79 Å². The van der Waals surface area contributed by atoms with Gasteiger partial charge in [0.1, 0.15) is 0 Å². The molecule has 0 heterocycles. The summed E-state index contributed by atoms with van der Waals surface area (Å²) in [7, 11) is 0. The van der Waals surface area contributed by atoms with Crippen LogP contribution in [0.1, 0.15) is 32.1 Å². The number of thioether (sulfide) groups is 2. The minimum atomic E-state index is 0.763. The molecule has 0 saturated carbocycles. The zero-order valence-corrected chi connectivity index (χ0v) is 24.5. The Labute approximate surface area is 145 Å². The van der Waals surface area contributed by atoms with Gasteiger partial charge in [0.05, 0.1) is 0 Å². The Hall–Kier alpha value is 2.11. The van der Waals surface area contributed by atoms with Crippen molar-refractivity contribution in [2.75, 3.05) is 17.3 Å². The van der Waals surface area contributed by atoms with E-state index in [0.29, 0.717) is 0 Å². The maximum absolute atomic E-state index is 10.3. The number of carbonyl (C=O) groups is 1. The third kappa shape index (κ3) is 14.3. The molecule has 0 spiro atoms. The van der Waals surface area contributed by atoms with Crippen LogP contribution in [0.25, 0.3) is 0 Å². The molecule has 0 fully saturated rings. The van der Waals surface area contributed by atoms with E-state index >= 15 is 0 Å². The van der Waals surface area contributed by atoms with Crippen molar-refractivity contribution in [3.8, 4) is 0 Å². The first-order valence-electron chi connectivity index (χ1n) is 6.98. The summed E-state index contributed by atoms with van der Waals surface area (Å²) in [5.41, 5.74) is 0. The molecule has 0 aromatic rings. The molecule has 5 heteroatoms. The van der Waals surface area contributed by atoms with Crippen molar-refractivity contribution in [1.82, 2.24) is 0 Å². The molecule has 98 valence electrons. The van der Waals surface area contributed by atoms with Crippen LogP contribution < -0.4 is 0 Å². The quantitative estimate of drug-likeness (QED) is 0.297. The molecule has 0 aromatic heterocycles. The molecule has 0 aliphatic heterocycles. The van der Waals surface area contributed by atoms with Gasteiger partial charge >= 0.3 is 146 Å². The Morgan fingerprint density at radius 1 is 1.00 bits per heavy atom. The second-order valence-electron chi connectivity index (χ2n) is 4.34. The van der Waals surface area contributed by atoms with Crippen molar-refractivity contribution in [3.63, 3.8) is 0 Å². The maximum atomic E-state index is 10.3. The number of unbranched alkanes of at least 4 members (excludes halogenated alkanes) is 2. The Kier molecular flexibility index (Phi) is 18.2. The SMILES string of the molecule is O=CCCCCC(CCSC[CH2][InH2])SC[CH2][InH2]. The van der Waals surface area contributed by atoms with E-state index in [0.717, 1.165) is 73.1 Å². The summed E-state index contributed by atoms with van der Waals surface area (Å²) in [4.78, 5) is 10.3. The number of hydrogen-bond acceptors (Lipinski definition) is 3. The molecule has 0 amide bonds. The van der Waals surface area contributed by atoms with E-state index in [9.17, 15) is 4.79 Å². The average Bonchev–Trinajstić information content (AvgIpc) is 2.35. The van der Waals surface area contributed by atoms with Crippen LogP contribution in [0, 0.1) is 0 Å². The van der Waals surface area contributed by atoms with E-state index in [4.69, 9.17) is 0 Å². The fourth-order valence-corrected chi connectivity index (χ4v) is 8.43. The molecule has 0 bridgehead atoms. The van der Waals surface area contributed by atoms with Crippen molar-refractivity contribution >= 4 is 78.6 Å². The number of rotatable bonds is 13. The van der Waals surface area contributed by atoms with Crippen LogP contribution in [0.2, 0.25) is 8.35 Å². The zero-order valence-electron chi connectivity index (χ0n) is 11.5. The Morgan fingerprint density at radius 3 is 2.41 bits per heavy atom. The average molecular weight is 480 g/mol. The predicted molar refractivity (Wildman–Crippen MR) is 89.4 cm³/mol. The molecule has 1 nitrogen and oxygen atoms in total. The number of carbonyl (C=O) groups excluding carboxylic acids is 1. The predicted octanol–water partition coefficient (Wildman–Crippen LogP) is 2.07. The first-order valence-corrected chi connectivity index (χ1v) is 17.3. The molecule has 0 rings (SSSR count). The molecule has 1 atom stereocenters. The van der Waals surface area contributed by atoms with Gasteiger partial charge in [0.15, 0.2) is 0 Å². The zero-order chi connectivity index (χ0) is 12.8. The summed E-state index contributed by atoms with van der Waals surface area (Å²) >= 11 is 6.12. The molecule has 0 aromatic carbocycles. The topological polar surface area (TPSA) is 17.1 Å². The molecule has 0 saturated heterocycles. The Balaban J connectivity index is 3.59. The van der Waals surface area contributed by atoms with Crippen LogP contribution in [-0.4, -0.2) is 77.5 Å². The van der Waals surface area contributed by atoms with Crippen LogP contribution >= 0.6 is 23.5 Å². The molecule has 0 aliphatic carbocycles. The normalized spacial score (nSPS) is 12.5. The van der Waals surface area contributed by atoms with Gasteiger partial charge in [-0.3, -0.25) is 0 Å². The second kappa shape index (κ2) is 16.2. The van der Waals surface area contributed by atoms with E-state index in [2.05, 4.69) is 23.5 Å². The van der Waals surface area contributed by atoms with E-state index in [1.807, 2.05) is 0 Å². The monoisotopic (exact) mass is 480 g/mol. The van der Waals surface area contributed by atoms with Gasteiger partial charge in [-0.2, -0.15) is 0 Å². The molecule has 0 radical (unpaired) electrons. The molecule has 1 unspecified atom stereocenters. The summed E-state index contributed by atoms with van der Waals surface area (Å²) in [5, 5.41) is 0.876. The second-order valence-corrected chi connectivity index (χ2v) is 12.7. The van der Waals surface area contributed by atoms with Crippen LogP contribution in [0.3, 0.4) is 0 Å². The van der Waals surface area contributed by atoms with E-state index in [1.54, 1.807) is 0 Å². The summed E-state index contributed by atoms with van der Waals surface area (Å²) in [6.07, 6.45) is 6.90. The van der Waals surface area contributed by atoms with Gasteiger partial charge in [-0.1, -0.05) is 0 Å². The van der Waals surface area contributed by atoms with E-state index < -0.39 is 0 Å².